The summed E-state index contributed by atoms with van der Waals surface area (Å²) in [4.78, 5) is 2.35. The minimum Gasteiger partial charge on any atom is -0.301 e. The van der Waals surface area contributed by atoms with Gasteiger partial charge in [-0.2, -0.15) is 0 Å². The quantitative estimate of drug-likeness (QED) is 0.708. The van der Waals surface area contributed by atoms with Crippen LogP contribution >= 0.6 is 0 Å². The van der Waals surface area contributed by atoms with Gasteiger partial charge in [0.15, 0.2) is 0 Å². The third kappa shape index (κ3) is 6.12. The van der Waals surface area contributed by atoms with Gasteiger partial charge in [0.1, 0.15) is 0 Å². The second kappa shape index (κ2) is 5.27. The smallest absolute Gasteiger partial charge is 0.209 e. The molecule has 1 aliphatic rings. The maximum atomic E-state index is 10.8. The summed E-state index contributed by atoms with van der Waals surface area (Å²) in [6.45, 7) is 6.26. The Labute approximate surface area is 92.9 Å². The monoisotopic (exact) mass is 234 g/mol. The van der Waals surface area contributed by atoms with E-state index in [4.69, 9.17) is 5.14 Å². The van der Waals surface area contributed by atoms with Crippen LogP contribution in [0.3, 0.4) is 0 Å². The third-order valence-electron chi connectivity index (χ3n) is 2.79. The van der Waals surface area contributed by atoms with E-state index in [1.807, 2.05) is 0 Å². The largest absolute Gasteiger partial charge is 0.301 e. The fraction of sp³-hybridized carbons (Fsp3) is 1.00. The van der Waals surface area contributed by atoms with Crippen molar-refractivity contribution in [3.8, 4) is 0 Å². The van der Waals surface area contributed by atoms with Crippen molar-refractivity contribution >= 4 is 10.0 Å². The van der Waals surface area contributed by atoms with Gasteiger partial charge in [-0.1, -0.05) is 0 Å². The van der Waals surface area contributed by atoms with Crippen LogP contribution in [0.1, 0.15) is 33.1 Å². The van der Waals surface area contributed by atoms with Gasteiger partial charge in [-0.05, 0) is 45.6 Å². The molecule has 0 atom stereocenters. The zero-order valence-corrected chi connectivity index (χ0v) is 10.5. The Morgan fingerprint density at radius 3 is 2.40 bits per heavy atom. The summed E-state index contributed by atoms with van der Waals surface area (Å²) in [6.07, 6.45) is 3.31. The van der Waals surface area contributed by atoms with Crippen molar-refractivity contribution in [3.63, 3.8) is 0 Å². The molecule has 0 amide bonds. The molecule has 0 aliphatic heterocycles. The van der Waals surface area contributed by atoms with Crippen molar-refractivity contribution in [2.75, 3.05) is 18.8 Å². The molecule has 0 aromatic carbocycles. The minimum absolute atomic E-state index is 0.0981. The summed E-state index contributed by atoms with van der Waals surface area (Å²) in [5, 5.41) is 4.97. The third-order valence-corrected chi connectivity index (χ3v) is 3.65. The van der Waals surface area contributed by atoms with Crippen LogP contribution in [0.25, 0.3) is 0 Å². The van der Waals surface area contributed by atoms with Gasteiger partial charge in [0.25, 0.3) is 0 Å². The standard InChI is InChI=1S/C10H22N2O2S/c1-9(2)12(8-10-4-5-10)6-3-7-15(11,13)14/h9-10H,3-8H2,1-2H3,(H2,11,13,14). The number of hydrogen-bond acceptors (Lipinski definition) is 3. The van der Waals surface area contributed by atoms with Crippen LogP contribution in [-0.4, -0.2) is 38.2 Å². The Hall–Kier alpha value is -0.130. The number of primary sulfonamides is 1. The highest BCUT2D eigenvalue weighted by atomic mass is 32.2. The van der Waals surface area contributed by atoms with Gasteiger partial charge in [0.05, 0.1) is 5.75 Å². The first-order valence-electron chi connectivity index (χ1n) is 5.63. The lowest BCUT2D eigenvalue weighted by atomic mass is 10.2. The van der Waals surface area contributed by atoms with Gasteiger partial charge in [-0.15, -0.1) is 0 Å². The average Bonchev–Trinajstić information content (AvgIpc) is 2.83. The van der Waals surface area contributed by atoms with E-state index in [-0.39, 0.29) is 5.75 Å². The van der Waals surface area contributed by atoms with Gasteiger partial charge in [-0.3, -0.25) is 0 Å². The van der Waals surface area contributed by atoms with Crippen molar-refractivity contribution in [3.05, 3.63) is 0 Å². The molecule has 2 N–H and O–H groups in total. The fourth-order valence-electron chi connectivity index (χ4n) is 1.66. The molecule has 1 saturated carbocycles. The topological polar surface area (TPSA) is 63.4 Å². The molecule has 0 spiro atoms. The highest BCUT2D eigenvalue weighted by molar-refractivity contribution is 7.89. The normalized spacial score (nSPS) is 17.7. The van der Waals surface area contributed by atoms with Gasteiger partial charge < -0.3 is 4.90 Å². The number of sulfonamides is 1. The first kappa shape index (κ1) is 12.9. The van der Waals surface area contributed by atoms with E-state index in [1.54, 1.807) is 0 Å². The van der Waals surface area contributed by atoms with Crippen LogP contribution in [0.4, 0.5) is 0 Å². The van der Waals surface area contributed by atoms with Gasteiger partial charge in [-0.25, -0.2) is 13.6 Å². The summed E-state index contributed by atoms with van der Waals surface area (Å²) in [5.74, 6) is 0.947. The molecule has 0 radical (unpaired) electrons. The van der Waals surface area contributed by atoms with Gasteiger partial charge in [0.2, 0.25) is 10.0 Å². The van der Waals surface area contributed by atoms with Crippen molar-refractivity contribution in [1.82, 2.24) is 4.90 Å². The molecule has 90 valence electrons. The summed E-state index contributed by atoms with van der Waals surface area (Å²) >= 11 is 0. The van der Waals surface area contributed by atoms with Gasteiger partial charge in [0, 0.05) is 12.6 Å². The lowest BCUT2D eigenvalue weighted by Gasteiger charge is -2.26. The predicted molar refractivity (Wildman–Crippen MR) is 62.0 cm³/mol. The summed E-state index contributed by atoms with van der Waals surface area (Å²) < 4.78 is 21.6. The molecule has 0 aromatic rings. The Kier molecular flexibility index (Phi) is 4.55. The molecule has 1 rings (SSSR count). The van der Waals surface area contributed by atoms with Crippen LogP contribution in [0.2, 0.25) is 0 Å². The molecule has 0 aromatic heterocycles. The van der Waals surface area contributed by atoms with Crippen LogP contribution < -0.4 is 5.14 Å². The van der Waals surface area contributed by atoms with E-state index in [1.165, 1.54) is 12.8 Å². The molecular formula is C10H22N2O2S. The molecular weight excluding hydrogens is 212 g/mol. The van der Waals surface area contributed by atoms with Crippen molar-refractivity contribution < 1.29 is 8.42 Å². The number of nitrogens with two attached hydrogens (primary N) is 1. The Bertz CT molecular complexity index is 284. The van der Waals surface area contributed by atoms with Crippen molar-refractivity contribution in [2.45, 2.75) is 39.2 Å². The maximum Gasteiger partial charge on any atom is 0.209 e. The second-order valence-electron chi connectivity index (χ2n) is 4.75. The lowest BCUT2D eigenvalue weighted by molar-refractivity contribution is 0.213. The second-order valence-corrected chi connectivity index (χ2v) is 6.49. The van der Waals surface area contributed by atoms with Crippen LogP contribution in [0.5, 0.6) is 0 Å². The molecule has 5 heteroatoms. The van der Waals surface area contributed by atoms with Crippen molar-refractivity contribution in [1.29, 1.82) is 0 Å². The van der Waals surface area contributed by atoms with E-state index in [0.717, 1.165) is 19.0 Å². The van der Waals surface area contributed by atoms with E-state index in [0.29, 0.717) is 12.5 Å². The minimum atomic E-state index is -3.29. The van der Waals surface area contributed by atoms with Crippen LogP contribution in [0.15, 0.2) is 0 Å². The van der Waals surface area contributed by atoms with E-state index >= 15 is 0 Å². The molecule has 0 saturated heterocycles. The molecule has 4 nitrogen and oxygen atoms in total. The average molecular weight is 234 g/mol. The number of rotatable bonds is 7. The maximum absolute atomic E-state index is 10.8. The molecule has 1 aliphatic carbocycles. The van der Waals surface area contributed by atoms with E-state index in [2.05, 4.69) is 18.7 Å². The summed E-state index contributed by atoms with van der Waals surface area (Å²) in [7, 11) is -3.29. The van der Waals surface area contributed by atoms with Gasteiger partial charge >= 0.3 is 0 Å². The van der Waals surface area contributed by atoms with E-state index in [9.17, 15) is 8.42 Å². The summed E-state index contributed by atoms with van der Waals surface area (Å²) in [5.41, 5.74) is 0. The highest BCUT2D eigenvalue weighted by Crippen LogP contribution is 2.30. The predicted octanol–water partition coefficient (Wildman–Crippen LogP) is 0.785. The number of nitrogens with zero attached hydrogens (tertiary/aromatic N) is 1. The fourth-order valence-corrected chi connectivity index (χ4v) is 2.19. The molecule has 0 heterocycles. The lowest BCUT2D eigenvalue weighted by Crippen LogP contribution is -2.35. The first-order valence-corrected chi connectivity index (χ1v) is 7.34. The molecule has 1 fully saturated rings. The Morgan fingerprint density at radius 2 is 2.00 bits per heavy atom. The molecule has 15 heavy (non-hydrogen) atoms. The summed E-state index contributed by atoms with van der Waals surface area (Å²) in [6, 6.07) is 0.492. The molecule has 0 unspecified atom stereocenters. The van der Waals surface area contributed by atoms with Crippen molar-refractivity contribution in [2.24, 2.45) is 11.1 Å². The Balaban J connectivity index is 2.24. The Morgan fingerprint density at radius 1 is 1.40 bits per heavy atom. The highest BCUT2D eigenvalue weighted by Gasteiger charge is 2.25. The van der Waals surface area contributed by atoms with Crippen LogP contribution in [0, 0.1) is 5.92 Å². The molecule has 0 bridgehead atoms. The van der Waals surface area contributed by atoms with Crippen LogP contribution in [-0.2, 0) is 10.0 Å². The first-order chi connectivity index (χ1) is 6.88. The SMILES string of the molecule is CC(C)N(CCCS(N)(=O)=O)CC1CC1. The zero-order chi connectivity index (χ0) is 11.5. The zero-order valence-electron chi connectivity index (χ0n) is 9.65. The van der Waals surface area contributed by atoms with E-state index < -0.39 is 10.0 Å². The number of hydrogen-bond donors (Lipinski definition) is 1.